The lowest BCUT2D eigenvalue weighted by Crippen LogP contribution is -2.59. The van der Waals surface area contributed by atoms with Crippen molar-refractivity contribution in [2.75, 3.05) is 13.1 Å². The third kappa shape index (κ3) is 2.82. The minimum absolute atomic E-state index is 0.131. The standard InChI is InChI=1S/C17H23FN2O/c1-12-9-13(3-4-15(12)18)10-14-5-8-20(11-14)16(21)17(19)6-2-7-17/h3-4,9,14H,2,5-8,10-11,19H2,1H3. The van der Waals surface area contributed by atoms with E-state index < -0.39 is 5.54 Å². The van der Waals surface area contributed by atoms with Crippen molar-refractivity contribution in [2.45, 2.75) is 44.6 Å². The largest absolute Gasteiger partial charge is 0.341 e. The lowest BCUT2D eigenvalue weighted by atomic mass is 9.76. The lowest BCUT2D eigenvalue weighted by molar-refractivity contribution is -0.139. The number of benzene rings is 1. The molecule has 2 N–H and O–H groups in total. The van der Waals surface area contributed by atoms with Crippen LogP contribution in [0.5, 0.6) is 0 Å². The quantitative estimate of drug-likeness (QED) is 0.929. The maximum absolute atomic E-state index is 13.3. The van der Waals surface area contributed by atoms with Crippen molar-refractivity contribution in [1.82, 2.24) is 4.90 Å². The smallest absolute Gasteiger partial charge is 0.242 e. The number of nitrogens with two attached hydrogens (primary N) is 1. The maximum atomic E-state index is 13.3. The zero-order valence-corrected chi connectivity index (χ0v) is 12.6. The van der Waals surface area contributed by atoms with Crippen molar-refractivity contribution >= 4 is 5.91 Å². The Balaban J connectivity index is 1.59. The maximum Gasteiger partial charge on any atom is 0.242 e. The highest BCUT2D eigenvalue weighted by molar-refractivity contribution is 5.87. The minimum Gasteiger partial charge on any atom is -0.341 e. The van der Waals surface area contributed by atoms with Crippen LogP contribution in [0.1, 0.15) is 36.8 Å². The summed E-state index contributed by atoms with van der Waals surface area (Å²) in [5.41, 5.74) is 7.39. The van der Waals surface area contributed by atoms with Gasteiger partial charge < -0.3 is 10.6 Å². The molecule has 0 aromatic heterocycles. The zero-order valence-electron chi connectivity index (χ0n) is 12.6. The summed E-state index contributed by atoms with van der Waals surface area (Å²) in [6.45, 7) is 3.38. The lowest BCUT2D eigenvalue weighted by Gasteiger charge is -2.39. The van der Waals surface area contributed by atoms with Crippen molar-refractivity contribution in [1.29, 1.82) is 0 Å². The molecule has 0 bridgehead atoms. The van der Waals surface area contributed by atoms with E-state index >= 15 is 0 Å². The molecule has 1 unspecified atom stereocenters. The van der Waals surface area contributed by atoms with E-state index in [9.17, 15) is 9.18 Å². The summed E-state index contributed by atoms with van der Waals surface area (Å²) in [4.78, 5) is 14.3. The molecule has 1 saturated carbocycles. The summed E-state index contributed by atoms with van der Waals surface area (Å²) in [5.74, 6) is 0.436. The molecule has 21 heavy (non-hydrogen) atoms. The summed E-state index contributed by atoms with van der Waals surface area (Å²) in [6, 6.07) is 5.30. The predicted octanol–water partition coefficient (Wildman–Crippen LogP) is 2.41. The minimum atomic E-state index is -0.582. The number of carbonyl (C=O) groups is 1. The first-order valence-electron chi connectivity index (χ1n) is 7.81. The molecule has 2 aliphatic rings. The average Bonchev–Trinajstić information content (AvgIpc) is 2.88. The molecular formula is C17H23FN2O. The second-order valence-electron chi connectivity index (χ2n) is 6.70. The molecule has 1 aromatic rings. The van der Waals surface area contributed by atoms with Gasteiger partial charge in [0.05, 0.1) is 5.54 Å². The first kappa shape index (κ1) is 14.5. The molecule has 3 nitrogen and oxygen atoms in total. The number of hydrogen-bond donors (Lipinski definition) is 1. The van der Waals surface area contributed by atoms with Gasteiger partial charge in [0.25, 0.3) is 0 Å². The highest BCUT2D eigenvalue weighted by Gasteiger charge is 2.44. The second kappa shape index (κ2) is 5.41. The molecule has 2 fully saturated rings. The van der Waals surface area contributed by atoms with Crippen LogP contribution in [0.15, 0.2) is 18.2 Å². The average molecular weight is 290 g/mol. The van der Waals surface area contributed by atoms with Crippen LogP contribution in [-0.4, -0.2) is 29.4 Å². The van der Waals surface area contributed by atoms with Gasteiger partial charge in [0.2, 0.25) is 5.91 Å². The van der Waals surface area contributed by atoms with Gasteiger partial charge in [-0.25, -0.2) is 4.39 Å². The first-order chi connectivity index (χ1) is 9.98. The summed E-state index contributed by atoms with van der Waals surface area (Å²) in [7, 11) is 0. The monoisotopic (exact) mass is 290 g/mol. The van der Waals surface area contributed by atoms with E-state index in [1.165, 1.54) is 6.07 Å². The number of halogens is 1. The van der Waals surface area contributed by atoms with E-state index in [0.717, 1.165) is 50.8 Å². The molecule has 1 aliphatic carbocycles. The van der Waals surface area contributed by atoms with Crippen LogP contribution < -0.4 is 5.73 Å². The number of hydrogen-bond acceptors (Lipinski definition) is 2. The Morgan fingerprint density at radius 2 is 2.24 bits per heavy atom. The normalized spacial score (nSPS) is 24.0. The van der Waals surface area contributed by atoms with Crippen LogP contribution in [0, 0.1) is 18.7 Å². The molecule has 1 aliphatic heterocycles. The fourth-order valence-corrected chi connectivity index (χ4v) is 3.44. The third-order valence-electron chi connectivity index (χ3n) is 4.99. The topological polar surface area (TPSA) is 46.3 Å². The third-order valence-corrected chi connectivity index (χ3v) is 4.99. The number of nitrogens with zero attached hydrogens (tertiary/aromatic N) is 1. The summed E-state index contributed by atoms with van der Waals surface area (Å²) >= 11 is 0. The van der Waals surface area contributed by atoms with Crippen molar-refractivity contribution in [3.05, 3.63) is 35.1 Å². The van der Waals surface area contributed by atoms with Gasteiger partial charge in [0, 0.05) is 13.1 Å². The molecule has 1 saturated heterocycles. The zero-order chi connectivity index (χ0) is 15.0. The van der Waals surface area contributed by atoms with Gasteiger partial charge in [-0.3, -0.25) is 4.79 Å². The van der Waals surface area contributed by atoms with Gasteiger partial charge in [0.15, 0.2) is 0 Å². The molecule has 0 radical (unpaired) electrons. The molecule has 4 heteroatoms. The molecule has 1 heterocycles. The van der Waals surface area contributed by atoms with Crippen molar-refractivity contribution in [2.24, 2.45) is 11.7 Å². The number of likely N-dealkylation sites (tertiary alicyclic amines) is 1. The predicted molar refractivity (Wildman–Crippen MR) is 80.3 cm³/mol. The number of carbonyl (C=O) groups excluding carboxylic acids is 1. The summed E-state index contributed by atoms with van der Waals surface area (Å²) in [6.07, 6.45) is 4.63. The van der Waals surface area contributed by atoms with E-state index in [1.807, 2.05) is 17.0 Å². The van der Waals surface area contributed by atoms with Crippen LogP contribution in [0.25, 0.3) is 0 Å². The van der Waals surface area contributed by atoms with Crippen molar-refractivity contribution in [3.8, 4) is 0 Å². The Hall–Kier alpha value is -1.42. The number of amides is 1. The van der Waals surface area contributed by atoms with Gasteiger partial charge in [-0.15, -0.1) is 0 Å². The van der Waals surface area contributed by atoms with Crippen molar-refractivity contribution in [3.63, 3.8) is 0 Å². The van der Waals surface area contributed by atoms with Crippen LogP contribution >= 0.6 is 0 Å². The number of aryl methyl sites for hydroxylation is 1. The molecule has 1 amide bonds. The van der Waals surface area contributed by atoms with Gasteiger partial charge in [-0.2, -0.15) is 0 Å². The SMILES string of the molecule is Cc1cc(CC2CCN(C(=O)C3(N)CCC3)C2)ccc1F. The molecule has 3 rings (SSSR count). The van der Waals surface area contributed by atoms with Crippen LogP contribution in [0.3, 0.4) is 0 Å². The van der Waals surface area contributed by atoms with Crippen LogP contribution in [0.4, 0.5) is 4.39 Å². The highest BCUT2D eigenvalue weighted by Crippen LogP contribution is 2.33. The molecular weight excluding hydrogens is 267 g/mol. The Morgan fingerprint density at radius 3 is 2.86 bits per heavy atom. The molecule has 1 atom stereocenters. The van der Waals surface area contributed by atoms with Gasteiger partial charge in [0.1, 0.15) is 5.82 Å². The fourth-order valence-electron chi connectivity index (χ4n) is 3.44. The number of rotatable bonds is 3. The van der Waals surface area contributed by atoms with Gasteiger partial charge in [-0.1, -0.05) is 12.1 Å². The Bertz CT molecular complexity index is 554. The second-order valence-corrected chi connectivity index (χ2v) is 6.70. The van der Waals surface area contributed by atoms with Gasteiger partial charge >= 0.3 is 0 Å². The fraction of sp³-hybridized carbons (Fsp3) is 0.588. The molecule has 1 aromatic carbocycles. The summed E-state index contributed by atoms with van der Waals surface area (Å²) < 4.78 is 13.3. The van der Waals surface area contributed by atoms with E-state index in [-0.39, 0.29) is 11.7 Å². The summed E-state index contributed by atoms with van der Waals surface area (Å²) in [5, 5.41) is 0. The Morgan fingerprint density at radius 1 is 1.48 bits per heavy atom. The van der Waals surface area contributed by atoms with Crippen LogP contribution in [0.2, 0.25) is 0 Å². The van der Waals surface area contributed by atoms with Crippen LogP contribution in [-0.2, 0) is 11.2 Å². The van der Waals surface area contributed by atoms with Gasteiger partial charge in [-0.05, 0) is 62.1 Å². The van der Waals surface area contributed by atoms with E-state index in [2.05, 4.69) is 0 Å². The first-order valence-corrected chi connectivity index (χ1v) is 7.81. The molecule has 114 valence electrons. The van der Waals surface area contributed by atoms with Crippen molar-refractivity contribution < 1.29 is 9.18 Å². The van der Waals surface area contributed by atoms with E-state index in [1.54, 1.807) is 6.92 Å². The molecule has 0 spiro atoms. The highest BCUT2D eigenvalue weighted by atomic mass is 19.1. The Kier molecular flexibility index (Phi) is 3.74. The Labute approximate surface area is 125 Å². The van der Waals surface area contributed by atoms with E-state index in [0.29, 0.717) is 11.5 Å². The van der Waals surface area contributed by atoms with E-state index in [4.69, 9.17) is 5.73 Å².